The lowest BCUT2D eigenvalue weighted by Gasteiger charge is -2.16. The van der Waals surface area contributed by atoms with Crippen molar-refractivity contribution in [1.29, 1.82) is 0 Å². The molecule has 1 aromatic carbocycles. The summed E-state index contributed by atoms with van der Waals surface area (Å²) in [5, 5.41) is 5.46. The number of nitrogens with one attached hydrogen (secondary N) is 2. The van der Waals surface area contributed by atoms with Gasteiger partial charge in [0.15, 0.2) is 0 Å². The highest BCUT2D eigenvalue weighted by Crippen LogP contribution is 2.25. The smallest absolute Gasteiger partial charge is 0.227 e. The van der Waals surface area contributed by atoms with Crippen molar-refractivity contribution in [3.05, 3.63) is 60.2 Å². The first-order valence-electron chi connectivity index (χ1n) is 9.02. The fourth-order valence-corrected chi connectivity index (χ4v) is 2.99. The Labute approximate surface area is 161 Å². The highest BCUT2D eigenvalue weighted by Gasteiger charge is 2.34. The third-order valence-corrected chi connectivity index (χ3v) is 4.50. The van der Waals surface area contributed by atoms with Crippen molar-refractivity contribution in [3.63, 3.8) is 0 Å². The molecule has 1 saturated heterocycles. The number of amides is 3. The van der Waals surface area contributed by atoms with Crippen LogP contribution in [0.4, 0.5) is 10.1 Å². The number of halogens is 1. The minimum absolute atomic E-state index is 0.0937. The van der Waals surface area contributed by atoms with Crippen LogP contribution < -0.4 is 15.5 Å². The van der Waals surface area contributed by atoms with Crippen molar-refractivity contribution >= 4 is 23.4 Å². The molecular formula is C20H21FN4O3. The Morgan fingerprint density at radius 2 is 1.96 bits per heavy atom. The Hall–Kier alpha value is -3.29. The van der Waals surface area contributed by atoms with Crippen LogP contribution in [0.2, 0.25) is 0 Å². The number of hydrogen-bond acceptors (Lipinski definition) is 4. The van der Waals surface area contributed by atoms with Gasteiger partial charge in [-0.3, -0.25) is 19.4 Å². The minimum Gasteiger partial charge on any atom is -0.355 e. The summed E-state index contributed by atoms with van der Waals surface area (Å²) in [7, 11) is 0. The van der Waals surface area contributed by atoms with E-state index < -0.39 is 5.92 Å². The van der Waals surface area contributed by atoms with E-state index >= 15 is 0 Å². The van der Waals surface area contributed by atoms with Gasteiger partial charge in [0, 0.05) is 50.6 Å². The van der Waals surface area contributed by atoms with Crippen molar-refractivity contribution in [3.8, 4) is 0 Å². The van der Waals surface area contributed by atoms with Crippen molar-refractivity contribution in [2.24, 2.45) is 5.92 Å². The first-order chi connectivity index (χ1) is 13.5. The van der Waals surface area contributed by atoms with E-state index in [0.717, 1.165) is 5.56 Å². The summed E-state index contributed by atoms with van der Waals surface area (Å²) in [5.74, 6) is -1.50. The topological polar surface area (TPSA) is 91.4 Å². The first kappa shape index (κ1) is 19.5. The van der Waals surface area contributed by atoms with Crippen LogP contribution in [0.5, 0.6) is 0 Å². The van der Waals surface area contributed by atoms with Gasteiger partial charge in [0.1, 0.15) is 5.82 Å². The van der Waals surface area contributed by atoms with E-state index in [9.17, 15) is 18.8 Å². The fraction of sp³-hybridized carbons (Fsp3) is 0.300. The summed E-state index contributed by atoms with van der Waals surface area (Å²) in [4.78, 5) is 41.8. The zero-order valence-corrected chi connectivity index (χ0v) is 15.2. The van der Waals surface area contributed by atoms with Gasteiger partial charge in [0.25, 0.3) is 0 Å². The molecule has 0 unspecified atom stereocenters. The minimum atomic E-state index is -0.490. The standard InChI is InChI=1S/C20H21FN4O3/c21-16-3-5-17(6-4-16)25-13-15(10-19(25)27)20(28)23-9-7-18(26)24-12-14-2-1-8-22-11-14/h1-6,8,11,15H,7,9-10,12-13H2,(H,23,28)(H,24,26)/t15-/m1/s1. The molecule has 2 aromatic rings. The van der Waals surface area contributed by atoms with E-state index in [-0.39, 0.29) is 49.5 Å². The fourth-order valence-electron chi connectivity index (χ4n) is 2.99. The van der Waals surface area contributed by atoms with E-state index in [1.54, 1.807) is 18.5 Å². The molecule has 0 aliphatic carbocycles. The quantitative estimate of drug-likeness (QED) is 0.755. The second-order valence-corrected chi connectivity index (χ2v) is 6.56. The van der Waals surface area contributed by atoms with Crippen LogP contribution in [0.3, 0.4) is 0 Å². The molecule has 1 aliphatic heterocycles. The van der Waals surface area contributed by atoms with Crippen molar-refractivity contribution in [2.45, 2.75) is 19.4 Å². The summed E-state index contributed by atoms with van der Waals surface area (Å²) in [6.07, 6.45) is 3.57. The molecule has 0 bridgehead atoms. The van der Waals surface area contributed by atoms with Gasteiger partial charge in [-0.15, -0.1) is 0 Å². The lowest BCUT2D eigenvalue weighted by molar-refractivity contribution is -0.126. The Morgan fingerprint density at radius 1 is 1.18 bits per heavy atom. The molecule has 0 radical (unpaired) electrons. The lowest BCUT2D eigenvalue weighted by atomic mass is 10.1. The molecule has 0 spiro atoms. The zero-order chi connectivity index (χ0) is 19.9. The van der Waals surface area contributed by atoms with Crippen molar-refractivity contribution in [1.82, 2.24) is 15.6 Å². The number of anilines is 1. The summed E-state index contributed by atoms with van der Waals surface area (Å²) in [6.45, 7) is 0.812. The van der Waals surface area contributed by atoms with Gasteiger partial charge in [-0.1, -0.05) is 6.07 Å². The van der Waals surface area contributed by atoms with Gasteiger partial charge in [-0.05, 0) is 35.9 Å². The maximum Gasteiger partial charge on any atom is 0.227 e. The highest BCUT2D eigenvalue weighted by molar-refractivity contribution is 6.00. The molecule has 0 saturated carbocycles. The largest absolute Gasteiger partial charge is 0.355 e. The third-order valence-electron chi connectivity index (χ3n) is 4.50. The van der Waals surface area contributed by atoms with Gasteiger partial charge in [-0.25, -0.2) is 4.39 Å². The number of rotatable bonds is 7. The lowest BCUT2D eigenvalue weighted by Crippen LogP contribution is -2.35. The van der Waals surface area contributed by atoms with Gasteiger partial charge in [0.05, 0.1) is 5.92 Å². The van der Waals surface area contributed by atoms with E-state index in [1.807, 2.05) is 6.07 Å². The van der Waals surface area contributed by atoms with E-state index in [0.29, 0.717) is 12.2 Å². The number of aromatic nitrogens is 1. The molecule has 146 valence electrons. The van der Waals surface area contributed by atoms with Gasteiger partial charge in [0.2, 0.25) is 17.7 Å². The summed E-state index contributed by atoms with van der Waals surface area (Å²) in [5.41, 5.74) is 1.46. The second-order valence-electron chi connectivity index (χ2n) is 6.56. The molecule has 1 aliphatic rings. The monoisotopic (exact) mass is 384 g/mol. The molecule has 7 nitrogen and oxygen atoms in total. The van der Waals surface area contributed by atoms with Gasteiger partial charge < -0.3 is 15.5 Å². The van der Waals surface area contributed by atoms with Gasteiger partial charge >= 0.3 is 0 Å². The molecule has 3 amide bonds. The number of hydrogen-bond donors (Lipinski definition) is 2. The van der Waals surface area contributed by atoms with Crippen LogP contribution in [0, 0.1) is 11.7 Å². The number of carbonyl (C=O) groups is 3. The van der Waals surface area contributed by atoms with E-state index in [2.05, 4.69) is 15.6 Å². The molecule has 8 heteroatoms. The van der Waals surface area contributed by atoms with Crippen LogP contribution in [-0.4, -0.2) is 35.8 Å². The normalized spacial score (nSPS) is 16.1. The molecule has 1 aromatic heterocycles. The number of benzene rings is 1. The Morgan fingerprint density at radius 3 is 2.68 bits per heavy atom. The molecular weight excluding hydrogens is 363 g/mol. The predicted octanol–water partition coefficient (Wildman–Crippen LogP) is 1.40. The van der Waals surface area contributed by atoms with Crippen LogP contribution in [0.25, 0.3) is 0 Å². The van der Waals surface area contributed by atoms with Crippen LogP contribution in [-0.2, 0) is 20.9 Å². The molecule has 28 heavy (non-hydrogen) atoms. The maximum atomic E-state index is 13.0. The number of nitrogens with zero attached hydrogens (tertiary/aromatic N) is 2. The molecule has 3 rings (SSSR count). The van der Waals surface area contributed by atoms with Crippen molar-refractivity contribution < 1.29 is 18.8 Å². The SMILES string of the molecule is O=C(CCNC(=O)[C@@H]1CC(=O)N(c2ccc(F)cc2)C1)NCc1cccnc1. The average molecular weight is 384 g/mol. The molecule has 1 fully saturated rings. The van der Waals surface area contributed by atoms with Crippen molar-refractivity contribution in [2.75, 3.05) is 18.0 Å². The Bertz CT molecular complexity index is 842. The number of carbonyl (C=O) groups excluding carboxylic acids is 3. The second kappa shape index (κ2) is 9.07. The average Bonchev–Trinajstić information content (AvgIpc) is 3.09. The van der Waals surface area contributed by atoms with Gasteiger partial charge in [-0.2, -0.15) is 0 Å². The first-order valence-corrected chi connectivity index (χ1v) is 9.02. The number of pyridine rings is 1. The van der Waals surface area contributed by atoms with E-state index in [1.165, 1.54) is 29.2 Å². The third kappa shape index (κ3) is 5.12. The van der Waals surface area contributed by atoms with Crippen LogP contribution in [0.15, 0.2) is 48.8 Å². The Balaban J connectivity index is 1.41. The summed E-state index contributed by atoms with van der Waals surface area (Å²) in [6, 6.07) is 9.24. The zero-order valence-electron chi connectivity index (χ0n) is 15.2. The van der Waals surface area contributed by atoms with E-state index in [4.69, 9.17) is 0 Å². The highest BCUT2D eigenvalue weighted by atomic mass is 19.1. The molecule has 2 heterocycles. The molecule has 1 atom stereocenters. The molecule has 2 N–H and O–H groups in total. The van der Waals surface area contributed by atoms with Crippen LogP contribution >= 0.6 is 0 Å². The summed E-state index contributed by atoms with van der Waals surface area (Å²) >= 11 is 0. The summed E-state index contributed by atoms with van der Waals surface area (Å²) < 4.78 is 13.0. The Kier molecular flexibility index (Phi) is 6.31. The maximum absolute atomic E-state index is 13.0. The van der Waals surface area contributed by atoms with Crippen LogP contribution in [0.1, 0.15) is 18.4 Å². The predicted molar refractivity (Wildman–Crippen MR) is 101 cm³/mol.